The van der Waals surface area contributed by atoms with Crippen LogP contribution in [-0.2, 0) is 17.9 Å². The highest BCUT2D eigenvalue weighted by molar-refractivity contribution is 5.66. The Balaban J connectivity index is 2.21. The third kappa shape index (κ3) is 3.59. The number of furan rings is 1. The van der Waals surface area contributed by atoms with Crippen LogP contribution in [0.15, 0.2) is 16.5 Å². The van der Waals surface area contributed by atoms with Gasteiger partial charge in [0.1, 0.15) is 18.1 Å². The third-order valence-electron chi connectivity index (χ3n) is 1.69. The summed E-state index contributed by atoms with van der Waals surface area (Å²) in [7, 11) is 0. The predicted octanol–water partition coefficient (Wildman–Crippen LogP) is 0.336. The van der Waals surface area contributed by atoms with Gasteiger partial charge in [-0.2, -0.15) is 0 Å². The third-order valence-corrected chi connectivity index (χ3v) is 1.69. The molecule has 0 saturated carbocycles. The van der Waals surface area contributed by atoms with Crippen LogP contribution < -0.4 is 5.32 Å². The molecule has 0 bridgehead atoms. The summed E-state index contributed by atoms with van der Waals surface area (Å²) in [5.41, 5.74) is 0. The minimum absolute atomic E-state index is 0.0908. The van der Waals surface area contributed by atoms with Crippen molar-refractivity contribution in [1.82, 2.24) is 5.32 Å². The standard InChI is InChI=1S/C9H13NO4/c11-6-8-2-1-7(14-8)5-10-4-3-9(12)13/h1-2,10-11H,3-6H2,(H,12,13). The van der Waals surface area contributed by atoms with Crippen molar-refractivity contribution in [2.75, 3.05) is 6.54 Å². The lowest BCUT2D eigenvalue weighted by Gasteiger charge is -1.99. The maximum absolute atomic E-state index is 10.2. The summed E-state index contributed by atoms with van der Waals surface area (Å²) in [6.07, 6.45) is 0.0908. The van der Waals surface area contributed by atoms with Gasteiger partial charge in [0.05, 0.1) is 13.0 Å². The molecule has 3 N–H and O–H groups in total. The second-order valence-corrected chi connectivity index (χ2v) is 2.85. The molecule has 0 aliphatic carbocycles. The van der Waals surface area contributed by atoms with E-state index in [0.717, 1.165) is 0 Å². The maximum atomic E-state index is 10.2. The molecule has 0 saturated heterocycles. The average molecular weight is 199 g/mol. The van der Waals surface area contributed by atoms with Crippen molar-refractivity contribution in [3.8, 4) is 0 Å². The van der Waals surface area contributed by atoms with E-state index in [4.69, 9.17) is 14.6 Å². The molecule has 0 radical (unpaired) electrons. The molecule has 0 unspecified atom stereocenters. The molecular formula is C9H13NO4. The Kier molecular flexibility index (Phi) is 4.15. The highest BCUT2D eigenvalue weighted by Gasteiger charge is 2.01. The summed E-state index contributed by atoms with van der Waals surface area (Å²) in [5, 5.41) is 20.0. The van der Waals surface area contributed by atoms with E-state index in [1.807, 2.05) is 0 Å². The first kappa shape index (κ1) is 10.7. The molecule has 1 rings (SSSR count). The van der Waals surface area contributed by atoms with Crippen LogP contribution in [0, 0.1) is 0 Å². The van der Waals surface area contributed by atoms with Gasteiger partial charge in [0.15, 0.2) is 0 Å². The Hall–Kier alpha value is -1.33. The first-order valence-corrected chi connectivity index (χ1v) is 4.33. The van der Waals surface area contributed by atoms with Gasteiger partial charge >= 0.3 is 5.97 Å². The molecule has 0 amide bonds. The Morgan fingerprint density at radius 2 is 2.14 bits per heavy atom. The van der Waals surface area contributed by atoms with Crippen molar-refractivity contribution in [3.63, 3.8) is 0 Å². The molecule has 0 aliphatic heterocycles. The zero-order chi connectivity index (χ0) is 10.4. The number of rotatable bonds is 6. The Bertz CT molecular complexity index is 295. The summed E-state index contributed by atoms with van der Waals surface area (Å²) in [4.78, 5) is 10.2. The van der Waals surface area contributed by atoms with Gasteiger partial charge < -0.3 is 19.9 Å². The molecule has 0 spiro atoms. The van der Waals surface area contributed by atoms with E-state index in [9.17, 15) is 4.79 Å². The van der Waals surface area contributed by atoms with Gasteiger partial charge in [0, 0.05) is 6.54 Å². The van der Waals surface area contributed by atoms with Gasteiger partial charge in [0.25, 0.3) is 0 Å². The first-order valence-electron chi connectivity index (χ1n) is 4.33. The molecule has 5 heteroatoms. The van der Waals surface area contributed by atoms with Gasteiger partial charge in [-0.1, -0.05) is 0 Å². The van der Waals surface area contributed by atoms with E-state index in [2.05, 4.69) is 5.32 Å². The van der Waals surface area contributed by atoms with E-state index < -0.39 is 5.97 Å². The summed E-state index contributed by atoms with van der Waals surface area (Å²) in [5.74, 6) is 0.382. The monoisotopic (exact) mass is 199 g/mol. The average Bonchev–Trinajstić information content (AvgIpc) is 2.60. The Morgan fingerprint density at radius 3 is 2.71 bits per heavy atom. The van der Waals surface area contributed by atoms with Crippen molar-refractivity contribution in [2.45, 2.75) is 19.6 Å². The van der Waals surface area contributed by atoms with Crippen LogP contribution in [0.2, 0.25) is 0 Å². The van der Waals surface area contributed by atoms with Gasteiger partial charge in [0.2, 0.25) is 0 Å². The maximum Gasteiger partial charge on any atom is 0.304 e. The first-order chi connectivity index (χ1) is 6.72. The minimum atomic E-state index is -0.826. The quantitative estimate of drug-likeness (QED) is 0.575. The van der Waals surface area contributed by atoms with Gasteiger partial charge in [-0.15, -0.1) is 0 Å². The molecular weight excluding hydrogens is 186 g/mol. The fraction of sp³-hybridized carbons (Fsp3) is 0.444. The number of carboxylic acid groups (broad SMARTS) is 1. The van der Waals surface area contributed by atoms with Crippen LogP contribution in [0.3, 0.4) is 0 Å². The normalized spacial score (nSPS) is 10.4. The Labute approximate surface area is 81.4 Å². The summed E-state index contributed by atoms with van der Waals surface area (Å²) in [6, 6.07) is 3.44. The topological polar surface area (TPSA) is 82.7 Å². The summed E-state index contributed by atoms with van der Waals surface area (Å²) in [6.45, 7) is 0.771. The summed E-state index contributed by atoms with van der Waals surface area (Å²) < 4.78 is 5.18. The summed E-state index contributed by atoms with van der Waals surface area (Å²) >= 11 is 0. The van der Waals surface area contributed by atoms with Crippen LogP contribution in [0.25, 0.3) is 0 Å². The van der Waals surface area contributed by atoms with Crippen molar-refractivity contribution in [1.29, 1.82) is 0 Å². The van der Waals surface area contributed by atoms with E-state index >= 15 is 0 Å². The number of carboxylic acids is 1. The number of hydrogen-bond acceptors (Lipinski definition) is 4. The molecule has 0 aliphatic rings. The van der Waals surface area contributed by atoms with Crippen LogP contribution in [0.4, 0.5) is 0 Å². The highest BCUT2D eigenvalue weighted by Crippen LogP contribution is 2.06. The predicted molar refractivity (Wildman–Crippen MR) is 48.6 cm³/mol. The molecule has 0 aromatic carbocycles. The van der Waals surface area contributed by atoms with Crippen LogP contribution in [-0.4, -0.2) is 22.7 Å². The fourth-order valence-electron chi connectivity index (χ4n) is 1.01. The van der Waals surface area contributed by atoms with Crippen molar-refractivity contribution in [3.05, 3.63) is 23.7 Å². The second-order valence-electron chi connectivity index (χ2n) is 2.85. The highest BCUT2D eigenvalue weighted by atomic mass is 16.4. The molecule has 1 aromatic rings. The lowest BCUT2D eigenvalue weighted by molar-refractivity contribution is -0.136. The number of nitrogens with one attached hydrogen (secondary N) is 1. The molecule has 0 atom stereocenters. The molecule has 1 aromatic heterocycles. The zero-order valence-electron chi connectivity index (χ0n) is 7.69. The van der Waals surface area contributed by atoms with Crippen LogP contribution in [0.1, 0.15) is 17.9 Å². The van der Waals surface area contributed by atoms with Crippen molar-refractivity contribution >= 4 is 5.97 Å². The van der Waals surface area contributed by atoms with E-state index in [1.165, 1.54) is 0 Å². The lowest BCUT2D eigenvalue weighted by Crippen LogP contribution is -2.17. The molecule has 5 nitrogen and oxygen atoms in total. The van der Waals surface area contributed by atoms with E-state index in [-0.39, 0.29) is 13.0 Å². The van der Waals surface area contributed by atoms with Gasteiger partial charge in [-0.25, -0.2) is 0 Å². The molecule has 0 fully saturated rings. The van der Waals surface area contributed by atoms with Gasteiger partial charge in [-0.3, -0.25) is 4.79 Å². The molecule has 78 valence electrons. The van der Waals surface area contributed by atoms with Crippen LogP contribution >= 0.6 is 0 Å². The number of hydrogen-bond donors (Lipinski definition) is 3. The fourth-order valence-corrected chi connectivity index (χ4v) is 1.01. The number of aliphatic carboxylic acids is 1. The van der Waals surface area contributed by atoms with Crippen molar-refractivity contribution in [2.24, 2.45) is 0 Å². The Morgan fingerprint density at radius 1 is 1.43 bits per heavy atom. The van der Waals surface area contributed by atoms with E-state index in [1.54, 1.807) is 12.1 Å². The van der Waals surface area contributed by atoms with E-state index in [0.29, 0.717) is 24.6 Å². The smallest absolute Gasteiger partial charge is 0.304 e. The largest absolute Gasteiger partial charge is 0.481 e. The van der Waals surface area contributed by atoms with Crippen LogP contribution in [0.5, 0.6) is 0 Å². The zero-order valence-corrected chi connectivity index (χ0v) is 7.69. The minimum Gasteiger partial charge on any atom is -0.481 e. The number of aliphatic hydroxyl groups excluding tert-OH is 1. The molecule has 14 heavy (non-hydrogen) atoms. The molecule has 1 heterocycles. The van der Waals surface area contributed by atoms with Crippen molar-refractivity contribution < 1.29 is 19.4 Å². The SMILES string of the molecule is O=C(O)CCNCc1ccc(CO)o1. The van der Waals surface area contributed by atoms with Gasteiger partial charge in [-0.05, 0) is 12.1 Å². The number of carbonyl (C=O) groups is 1. The lowest BCUT2D eigenvalue weighted by atomic mass is 10.4. The number of aliphatic hydroxyl groups is 1. The second kappa shape index (κ2) is 5.41.